The summed E-state index contributed by atoms with van der Waals surface area (Å²) in [5, 5.41) is 0. The van der Waals surface area contributed by atoms with Crippen molar-refractivity contribution in [2.45, 2.75) is 11.4 Å². The van der Waals surface area contributed by atoms with Crippen molar-refractivity contribution in [3.63, 3.8) is 0 Å². The molecule has 0 atom stereocenters. The maximum absolute atomic E-state index is 12.5. The van der Waals surface area contributed by atoms with Crippen LogP contribution in [-0.4, -0.2) is 26.8 Å². The molecule has 3 rings (SSSR count). The lowest BCUT2D eigenvalue weighted by Gasteiger charge is -2.09. The maximum Gasteiger partial charge on any atom is 0.338 e. The molecule has 0 saturated carbocycles. The van der Waals surface area contributed by atoms with Crippen LogP contribution >= 0.6 is 27.3 Å². The van der Waals surface area contributed by atoms with Crippen LogP contribution in [0.4, 0.5) is 0 Å². The van der Waals surface area contributed by atoms with E-state index in [1.54, 1.807) is 24.3 Å². The predicted octanol–water partition coefficient (Wildman–Crippen LogP) is 4.03. The number of ether oxygens (including phenoxy) is 1. The fraction of sp³-hybridized carbons (Fsp3) is 0.100. The van der Waals surface area contributed by atoms with Crippen LogP contribution in [0.15, 0.2) is 75.4 Å². The van der Waals surface area contributed by atoms with Gasteiger partial charge in [0.1, 0.15) is 0 Å². The summed E-state index contributed by atoms with van der Waals surface area (Å²) in [6.45, 7) is -0.294. The molecule has 0 spiro atoms. The summed E-state index contributed by atoms with van der Waals surface area (Å²) < 4.78 is 33.4. The Labute approximate surface area is 180 Å². The molecule has 0 aliphatic carbocycles. The summed E-state index contributed by atoms with van der Waals surface area (Å²) >= 11 is 4.51. The van der Waals surface area contributed by atoms with Gasteiger partial charge in [0, 0.05) is 6.54 Å². The Morgan fingerprint density at radius 3 is 2.45 bits per heavy atom. The minimum Gasteiger partial charge on any atom is -0.454 e. The molecule has 29 heavy (non-hydrogen) atoms. The highest BCUT2D eigenvalue weighted by molar-refractivity contribution is 9.11. The Morgan fingerprint density at radius 1 is 1.00 bits per heavy atom. The monoisotopic (exact) mass is 493 g/mol. The Bertz CT molecular complexity index is 1130. The van der Waals surface area contributed by atoms with Crippen LogP contribution in [-0.2, 0) is 21.3 Å². The normalized spacial score (nSPS) is 11.2. The first kappa shape index (κ1) is 21.4. The molecule has 1 N–H and O–H groups in total. The molecule has 0 unspecified atom stereocenters. The second-order valence-corrected chi connectivity index (χ2v) is 10.2. The van der Waals surface area contributed by atoms with Crippen molar-refractivity contribution in [2.24, 2.45) is 0 Å². The van der Waals surface area contributed by atoms with Crippen LogP contribution in [0.3, 0.4) is 0 Å². The maximum atomic E-state index is 12.5. The number of rotatable bonds is 8. The number of esters is 1. The van der Waals surface area contributed by atoms with E-state index >= 15 is 0 Å². The molecule has 0 aliphatic heterocycles. The number of sulfonamides is 1. The van der Waals surface area contributed by atoms with Gasteiger partial charge in [0.25, 0.3) is 0 Å². The zero-order valence-electron chi connectivity index (χ0n) is 15.0. The molecular formula is C20H16BrNO5S2. The molecular weight excluding hydrogens is 478 g/mol. The lowest BCUT2D eigenvalue weighted by Crippen LogP contribution is -2.23. The lowest BCUT2D eigenvalue weighted by atomic mass is 10.2. The van der Waals surface area contributed by atoms with E-state index in [1.165, 1.54) is 35.6 Å². The molecule has 9 heteroatoms. The average molecular weight is 494 g/mol. The Morgan fingerprint density at radius 2 is 1.76 bits per heavy atom. The number of hydrogen-bond acceptors (Lipinski definition) is 6. The lowest BCUT2D eigenvalue weighted by molar-refractivity contribution is 0.0475. The Balaban J connectivity index is 1.64. The predicted molar refractivity (Wildman–Crippen MR) is 114 cm³/mol. The zero-order chi connectivity index (χ0) is 20.9. The summed E-state index contributed by atoms with van der Waals surface area (Å²) in [4.78, 5) is 24.7. The van der Waals surface area contributed by atoms with Gasteiger partial charge in [0.05, 0.1) is 19.1 Å². The molecule has 0 saturated heterocycles. The van der Waals surface area contributed by atoms with Crippen molar-refractivity contribution in [1.82, 2.24) is 4.72 Å². The van der Waals surface area contributed by atoms with Gasteiger partial charge in [0.2, 0.25) is 15.8 Å². The topological polar surface area (TPSA) is 89.5 Å². The van der Waals surface area contributed by atoms with E-state index in [-0.39, 0.29) is 22.8 Å². The van der Waals surface area contributed by atoms with E-state index in [1.807, 2.05) is 18.2 Å². The number of halogens is 1. The zero-order valence-corrected chi connectivity index (χ0v) is 18.2. The van der Waals surface area contributed by atoms with Crippen molar-refractivity contribution in [3.05, 3.63) is 86.5 Å². The molecule has 150 valence electrons. The number of benzene rings is 2. The van der Waals surface area contributed by atoms with Crippen LogP contribution < -0.4 is 4.72 Å². The summed E-state index contributed by atoms with van der Waals surface area (Å²) in [5.41, 5.74) is 0.859. The minimum atomic E-state index is -3.81. The molecule has 0 bridgehead atoms. The number of hydrogen-bond donors (Lipinski definition) is 1. The third kappa shape index (κ3) is 5.83. The smallest absolute Gasteiger partial charge is 0.338 e. The van der Waals surface area contributed by atoms with Gasteiger partial charge in [-0.25, -0.2) is 17.9 Å². The van der Waals surface area contributed by atoms with Crippen molar-refractivity contribution >= 4 is 49.0 Å². The molecule has 1 aromatic heterocycles. The van der Waals surface area contributed by atoms with Gasteiger partial charge in [-0.15, -0.1) is 11.3 Å². The number of carbonyl (C=O) groups excluding carboxylic acids is 2. The van der Waals surface area contributed by atoms with Crippen molar-refractivity contribution in [3.8, 4) is 0 Å². The summed E-state index contributed by atoms with van der Waals surface area (Å²) in [5.74, 6) is -1.10. The first-order valence-electron chi connectivity index (χ1n) is 8.44. The third-order valence-electron chi connectivity index (χ3n) is 3.87. The van der Waals surface area contributed by atoms with Crippen LogP contribution in [0, 0.1) is 0 Å². The molecule has 0 amide bonds. The van der Waals surface area contributed by atoms with E-state index in [2.05, 4.69) is 20.7 Å². The molecule has 0 aliphatic rings. The van der Waals surface area contributed by atoms with Gasteiger partial charge >= 0.3 is 5.97 Å². The van der Waals surface area contributed by atoms with Gasteiger partial charge in [-0.2, -0.15) is 0 Å². The molecule has 6 nitrogen and oxygen atoms in total. The van der Waals surface area contributed by atoms with Crippen LogP contribution in [0.5, 0.6) is 0 Å². The van der Waals surface area contributed by atoms with E-state index < -0.39 is 22.6 Å². The van der Waals surface area contributed by atoms with Gasteiger partial charge < -0.3 is 4.74 Å². The Kier molecular flexibility index (Phi) is 6.96. The number of nitrogens with one attached hydrogen (secondary N) is 1. The second-order valence-electron chi connectivity index (χ2n) is 5.94. The SMILES string of the molecule is O=C(OCC(=O)c1ccc(Br)s1)c1cccc(S(=O)(=O)NCc2ccccc2)c1. The largest absolute Gasteiger partial charge is 0.454 e. The summed E-state index contributed by atoms with van der Waals surface area (Å²) in [6, 6.07) is 17.9. The highest BCUT2D eigenvalue weighted by atomic mass is 79.9. The number of carbonyl (C=O) groups is 2. The van der Waals surface area contributed by atoms with Gasteiger partial charge in [-0.05, 0) is 51.8 Å². The van der Waals surface area contributed by atoms with E-state index in [0.29, 0.717) is 4.88 Å². The van der Waals surface area contributed by atoms with Crippen LogP contribution in [0.25, 0.3) is 0 Å². The highest BCUT2D eigenvalue weighted by Crippen LogP contribution is 2.22. The molecule has 0 fully saturated rings. The third-order valence-corrected chi connectivity index (χ3v) is 6.94. The quantitative estimate of drug-likeness (QED) is 0.377. The molecule has 0 radical (unpaired) electrons. The van der Waals surface area contributed by atoms with Crippen LogP contribution in [0.1, 0.15) is 25.6 Å². The van der Waals surface area contributed by atoms with Crippen molar-refractivity contribution in [2.75, 3.05) is 6.61 Å². The van der Waals surface area contributed by atoms with Gasteiger partial charge in [-0.3, -0.25) is 4.79 Å². The summed E-state index contributed by atoms with van der Waals surface area (Å²) in [7, 11) is -3.81. The minimum absolute atomic E-state index is 0.0488. The van der Waals surface area contributed by atoms with E-state index in [9.17, 15) is 18.0 Å². The standard InChI is InChI=1S/C20H16BrNO5S2/c21-19-10-9-18(28-19)17(23)13-27-20(24)15-7-4-8-16(11-15)29(25,26)22-12-14-5-2-1-3-6-14/h1-11,22H,12-13H2. The number of thiophene rings is 1. The second kappa shape index (κ2) is 9.45. The molecule has 2 aromatic carbocycles. The fourth-order valence-electron chi connectivity index (χ4n) is 2.40. The number of Topliss-reactive ketones (excluding diaryl/α,β-unsaturated/α-hetero) is 1. The van der Waals surface area contributed by atoms with E-state index in [4.69, 9.17) is 4.74 Å². The van der Waals surface area contributed by atoms with Gasteiger partial charge in [0.15, 0.2) is 6.61 Å². The average Bonchev–Trinajstić information content (AvgIpc) is 3.17. The number of ketones is 1. The van der Waals surface area contributed by atoms with E-state index in [0.717, 1.165) is 9.35 Å². The molecule has 1 heterocycles. The first-order chi connectivity index (χ1) is 13.8. The van der Waals surface area contributed by atoms with Crippen molar-refractivity contribution in [1.29, 1.82) is 0 Å². The Hall–Kier alpha value is -2.33. The highest BCUT2D eigenvalue weighted by Gasteiger charge is 2.18. The van der Waals surface area contributed by atoms with Crippen molar-refractivity contribution < 1.29 is 22.7 Å². The van der Waals surface area contributed by atoms with Crippen LogP contribution in [0.2, 0.25) is 0 Å². The first-order valence-corrected chi connectivity index (χ1v) is 11.5. The fourth-order valence-corrected chi connectivity index (χ4v) is 4.77. The molecule has 3 aromatic rings. The summed E-state index contributed by atoms with van der Waals surface area (Å²) in [6.07, 6.45) is 0. The van der Waals surface area contributed by atoms with Gasteiger partial charge in [-0.1, -0.05) is 36.4 Å².